The van der Waals surface area contributed by atoms with E-state index in [-0.39, 0.29) is 0 Å². The molecule has 0 spiro atoms. The summed E-state index contributed by atoms with van der Waals surface area (Å²) in [6.45, 7) is 1.95. The predicted octanol–water partition coefficient (Wildman–Crippen LogP) is 3.16. The number of aromatic nitrogens is 4. The zero-order valence-corrected chi connectivity index (χ0v) is 11.6. The Bertz CT molecular complexity index is 595. The van der Waals surface area contributed by atoms with Crippen LogP contribution in [0.3, 0.4) is 0 Å². The molecule has 3 rings (SSSR count). The Balaban J connectivity index is 2.06. The third-order valence-electron chi connectivity index (χ3n) is 3.36. The lowest BCUT2D eigenvalue weighted by Gasteiger charge is -2.08. The zero-order valence-electron chi connectivity index (χ0n) is 10.9. The molecule has 2 heterocycles. The molecule has 0 bridgehead atoms. The van der Waals surface area contributed by atoms with Gasteiger partial charge in [0.2, 0.25) is 0 Å². The molecule has 0 fully saturated rings. The van der Waals surface area contributed by atoms with Crippen molar-refractivity contribution < 1.29 is 0 Å². The van der Waals surface area contributed by atoms with Crippen LogP contribution in [0.2, 0.25) is 5.15 Å². The van der Waals surface area contributed by atoms with Gasteiger partial charge in [-0.15, -0.1) is 0 Å². The summed E-state index contributed by atoms with van der Waals surface area (Å²) in [7, 11) is 0. The van der Waals surface area contributed by atoms with E-state index in [2.05, 4.69) is 19.9 Å². The molecule has 98 valence electrons. The van der Waals surface area contributed by atoms with Gasteiger partial charge in [0.05, 0.1) is 0 Å². The van der Waals surface area contributed by atoms with E-state index in [4.69, 9.17) is 11.6 Å². The molecule has 1 aliphatic rings. The van der Waals surface area contributed by atoms with E-state index < -0.39 is 0 Å². The van der Waals surface area contributed by atoms with Crippen LogP contribution in [0.15, 0.2) is 12.4 Å². The fourth-order valence-corrected chi connectivity index (χ4v) is 2.62. The van der Waals surface area contributed by atoms with Crippen molar-refractivity contribution in [2.75, 3.05) is 0 Å². The molecule has 0 atom stereocenters. The second-order valence-corrected chi connectivity index (χ2v) is 5.27. The predicted molar refractivity (Wildman–Crippen MR) is 74.1 cm³/mol. The van der Waals surface area contributed by atoms with Crippen molar-refractivity contribution in [1.82, 2.24) is 19.9 Å². The van der Waals surface area contributed by atoms with Crippen molar-refractivity contribution in [3.05, 3.63) is 34.4 Å². The molecule has 0 saturated carbocycles. The lowest BCUT2D eigenvalue weighted by molar-refractivity contribution is 0.709. The van der Waals surface area contributed by atoms with Gasteiger partial charge >= 0.3 is 0 Å². The minimum Gasteiger partial charge on any atom is -0.234 e. The molecule has 0 aliphatic heterocycles. The van der Waals surface area contributed by atoms with E-state index in [1.807, 2.05) is 6.92 Å². The second kappa shape index (κ2) is 5.21. The van der Waals surface area contributed by atoms with Gasteiger partial charge in [-0.2, -0.15) is 0 Å². The van der Waals surface area contributed by atoms with Crippen LogP contribution < -0.4 is 0 Å². The van der Waals surface area contributed by atoms with E-state index in [0.29, 0.717) is 16.8 Å². The fraction of sp³-hybridized carbons (Fsp3) is 0.429. The SMILES string of the molecule is Cc1cnc(-c2nc(Cl)c3c(n2)CCCCC3)nc1. The maximum absolute atomic E-state index is 6.29. The lowest BCUT2D eigenvalue weighted by atomic mass is 10.1. The first-order valence-corrected chi connectivity index (χ1v) is 6.96. The summed E-state index contributed by atoms with van der Waals surface area (Å²) >= 11 is 6.29. The van der Waals surface area contributed by atoms with Crippen molar-refractivity contribution in [2.24, 2.45) is 0 Å². The Morgan fingerprint density at radius 1 is 0.947 bits per heavy atom. The number of rotatable bonds is 1. The molecule has 0 N–H and O–H groups in total. The van der Waals surface area contributed by atoms with Gasteiger partial charge in [-0.25, -0.2) is 19.9 Å². The van der Waals surface area contributed by atoms with E-state index in [1.165, 1.54) is 6.42 Å². The van der Waals surface area contributed by atoms with Crippen LogP contribution in [0.4, 0.5) is 0 Å². The molecule has 2 aromatic heterocycles. The number of hydrogen-bond acceptors (Lipinski definition) is 4. The minimum atomic E-state index is 0.533. The highest BCUT2D eigenvalue weighted by molar-refractivity contribution is 6.30. The van der Waals surface area contributed by atoms with Crippen molar-refractivity contribution >= 4 is 11.6 Å². The first kappa shape index (κ1) is 12.5. The summed E-state index contributed by atoms with van der Waals surface area (Å²) in [5.74, 6) is 1.07. The fourth-order valence-electron chi connectivity index (χ4n) is 2.33. The Kier molecular flexibility index (Phi) is 3.42. The molecule has 0 radical (unpaired) electrons. The summed E-state index contributed by atoms with van der Waals surface area (Å²) in [5, 5.41) is 0.561. The van der Waals surface area contributed by atoms with Crippen molar-refractivity contribution in [2.45, 2.75) is 39.0 Å². The molecule has 4 nitrogen and oxygen atoms in total. The summed E-state index contributed by atoms with van der Waals surface area (Å²) < 4.78 is 0. The van der Waals surface area contributed by atoms with Gasteiger partial charge < -0.3 is 0 Å². The highest BCUT2D eigenvalue weighted by Crippen LogP contribution is 2.26. The molecule has 0 saturated heterocycles. The van der Waals surface area contributed by atoms with Crippen LogP contribution in [0.5, 0.6) is 0 Å². The largest absolute Gasteiger partial charge is 0.234 e. The number of halogens is 1. The van der Waals surface area contributed by atoms with Gasteiger partial charge in [-0.1, -0.05) is 18.0 Å². The Morgan fingerprint density at radius 3 is 2.47 bits per heavy atom. The van der Waals surface area contributed by atoms with Gasteiger partial charge in [-0.05, 0) is 38.2 Å². The van der Waals surface area contributed by atoms with E-state index in [0.717, 1.165) is 42.5 Å². The Labute approximate surface area is 117 Å². The number of fused-ring (bicyclic) bond motifs is 1. The van der Waals surface area contributed by atoms with E-state index in [9.17, 15) is 0 Å². The second-order valence-electron chi connectivity index (χ2n) is 4.91. The zero-order chi connectivity index (χ0) is 13.2. The van der Waals surface area contributed by atoms with Crippen molar-refractivity contribution in [3.63, 3.8) is 0 Å². The Hall–Kier alpha value is -1.55. The van der Waals surface area contributed by atoms with Gasteiger partial charge in [0, 0.05) is 23.7 Å². The summed E-state index contributed by atoms with van der Waals surface area (Å²) in [5.41, 5.74) is 3.19. The van der Waals surface area contributed by atoms with Crippen LogP contribution in [-0.2, 0) is 12.8 Å². The molecule has 1 aliphatic carbocycles. The number of hydrogen-bond donors (Lipinski definition) is 0. The van der Waals surface area contributed by atoms with E-state index in [1.54, 1.807) is 12.4 Å². The van der Waals surface area contributed by atoms with Gasteiger partial charge in [-0.3, -0.25) is 0 Å². The summed E-state index contributed by atoms with van der Waals surface area (Å²) in [6, 6.07) is 0. The maximum Gasteiger partial charge on any atom is 0.199 e. The van der Waals surface area contributed by atoms with Crippen molar-refractivity contribution in [3.8, 4) is 11.6 Å². The lowest BCUT2D eigenvalue weighted by Crippen LogP contribution is -2.04. The van der Waals surface area contributed by atoms with Gasteiger partial charge in [0.25, 0.3) is 0 Å². The average molecular weight is 275 g/mol. The standard InChI is InChI=1S/C14H15ClN4/c1-9-7-16-13(17-8-9)14-18-11-6-4-2-3-5-10(11)12(15)19-14/h7-8H,2-6H2,1H3. The molecule has 5 heteroatoms. The highest BCUT2D eigenvalue weighted by Gasteiger charge is 2.17. The molecular weight excluding hydrogens is 260 g/mol. The third kappa shape index (κ3) is 2.59. The average Bonchev–Trinajstić information content (AvgIpc) is 2.65. The smallest absolute Gasteiger partial charge is 0.199 e. The minimum absolute atomic E-state index is 0.533. The molecule has 0 amide bonds. The van der Waals surface area contributed by atoms with Crippen LogP contribution in [0, 0.1) is 6.92 Å². The molecule has 0 unspecified atom stereocenters. The molecule has 0 aromatic carbocycles. The van der Waals surface area contributed by atoms with Crippen LogP contribution in [0.1, 0.15) is 36.1 Å². The number of nitrogens with zero attached hydrogens (tertiary/aromatic N) is 4. The normalized spacial score (nSPS) is 14.8. The quantitative estimate of drug-likeness (QED) is 0.592. The van der Waals surface area contributed by atoms with Crippen molar-refractivity contribution in [1.29, 1.82) is 0 Å². The molecule has 19 heavy (non-hydrogen) atoms. The van der Waals surface area contributed by atoms with Crippen LogP contribution in [0.25, 0.3) is 11.6 Å². The molecule has 2 aromatic rings. The van der Waals surface area contributed by atoms with Crippen LogP contribution in [-0.4, -0.2) is 19.9 Å². The number of aryl methyl sites for hydroxylation is 2. The van der Waals surface area contributed by atoms with Gasteiger partial charge in [0.15, 0.2) is 11.6 Å². The topological polar surface area (TPSA) is 51.6 Å². The van der Waals surface area contributed by atoms with E-state index >= 15 is 0 Å². The maximum atomic E-state index is 6.29. The first-order valence-electron chi connectivity index (χ1n) is 6.58. The third-order valence-corrected chi connectivity index (χ3v) is 3.68. The summed E-state index contributed by atoms with van der Waals surface area (Å²) in [6.07, 6.45) is 9.03. The molecular formula is C14H15ClN4. The highest BCUT2D eigenvalue weighted by atomic mass is 35.5. The monoisotopic (exact) mass is 274 g/mol. The van der Waals surface area contributed by atoms with Gasteiger partial charge in [0.1, 0.15) is 5.15 Å². The first-order chi connectivity index (χ1) is 9.24. The van der Waals surface area contributed by atoms with Crippen LogP contribution >= 0.6 is 11.6 Å². The summed E-state index contributed by atoms with van der Waals surface area (Å²) in [4.78, 5) is 17.5. The Morgan fingerprint density at radius 2 is 1.68 bits per heavy atom.